The van der Waals surface area contributed by atoms with Crippen molar-refractivity contribution < 1.29 is 28.6 Å². The third kappa shape index (κ3) is 7.57. The van der Waals surface area contributed by atoms with E-state index in [0.29, 0.717) is 43.0 Å². The monoisotopic (exact) mass is 702 g/mol. The second-order valence-electron chi connectivity index (χ2n) is 13.7. The minimum Gasteiger partial charge on any atom is -0.496 e. The van der Waals surface area contributed by atoms with Crippen molar-refractivity contribution in [2.45, 2.75) is 83.8 Å². The number of aryl methyl sites for hydroxylation is 1. The Bertz CT molecular complexity index is 1750. The molecule has 2 aliphatic carbocycles. The number of fused-ring (bicyclic) bond motifs is 1. The molecule has 5 rings (SSSR count). The molecule has 0 aliphatic heterocycles. The minimum absolute atomic E-state index is 0.110. The Morgan fingerprint density at radius 1 is 1.14 bits per heavy atom. The zero-order valence-electron chi connectivity index (χ0n) is 30.1. The quantitative estimate of drug-likeness (QED) is 0.0962. The Morgan fingerprint density at radius 3 is 2.54 bits per heavy atom. The number of hydrogen-bond acceptors (Lipinski definition) is 9. The molecule has 2 aromatic heterocycles. The van der Waals surface area contributed by atoms with E-state index >= 15 is 0 Å². The lowest BCUT2D eigenvalue weighted by molar-refractivity contribution is -0.150. The van der Waals surface area contributed by atoms with Crippen LogP contribution in [0.2, 0.25) is 0 Å². The molecular formula is C39H50N4O6S. The maximum atomic E-state index is 14.1. The Morgan fingerprint density at radius 2 is 1.90 bits per heavy atom. The van der Waals surface area contributed by atoms with Gasteiger partial charge in [-0.2, -0.15) is 0 Å². The van der Waals surface area contributed by atoms with Crippen molar-refractivity contribution in [1.82, 2.24) is 20.2 Å². The molecule has 11 heteroatoms. The lowest BCUT2D eigenvalue weighted by atomic mass is 9.93. The van der Waals surface area contributed by atoms with Crippen molar-refractivity contribution in [3.63, 3.8) is 0 Å². The Labute approximate surface area is 299 Å². The number of esters is 1. The van der Waals surface area contributed by atoms with E-state index in [2.05, 4.69) is 37.7 Å². The Hall–Kier alpha value is -4.25. The number of rotatable bonds is 16. The van der Waals surface area contributed by atoms with Crippen LogP contribution >= 0.6 is 11.3 Å². The second kappa shape index (κ2) is 15.7. The molecule has 3 aromatic rings. The third-order valence-corrected chi connectivity index (χ3v) is 10.9. The number of unbranched alkanes of at least 4 members (excludes halogenated alkanes) is 2. The number of nitrogens with one attached hydrogen (secondary N) is 1. The van der Waals surface area contributed by atoms with Gasteiger partial charge in [-0.05, 0) is 70.4 Å². The summed E-state index contributed by atoms with van der Waals surface area (Å²) in [6.45, 7) is 16.3. The fraction of sp³-hybridized carbons (Fsp3) is 0.513. The predicted octanol–water partition coefficient (Wildman–Crippen LogP) is 7.01. The molecular weight excluding hydrogens is 653 g/mol. The summed E-state index contributed by atoms with van der Waals surface area (Å²) in [4.78, 5) is 52.7. The van der Waals surface area contributed by atoms with Crippen molar-refractivity contribution in [1.29, 1.82) is 0 Å². The normalized spacial score (nSPS) is 22.6. The van der Waals surface area contributed by atoms with Gasteiger partial charge in [0, 0.05) is 41.9 Å². The van der Waals surface area contributed by atoms with Crippen molar-refractivity contribution >= 4 is 40.0 Å². The van der Waals surface area contributed by atoms with Crippen LogP contribution in [0, 0.1) is 24.7 Å². The number of pyridine rings is 1. The number of ether oxygens (including phenoxy) is 3. The second-order valence-corrected chi connectivity index (χ2v) is 14.6. The van der Waals surface area contributed by atoms with Gasteiger partial charge >= 0.3 is 5.97 Å². The van der Waals surface area contributed by atoms with Gasteiger partial charge in [-0.15, -0.1) is 24.5 Å². The van der Waals surface area contributed by atoms with E-state index in [1.54, 1.807) is 32.1 Å². The highest BCUT2D eigenvalue weighted by Crippen LogP contribution is 2.47. The van der Waals surface area contributed by atoms with Crippen LogP contribution < -0.4 is 14.8 Å². The number of nitrogens with zero attached hydrogens (tertiary/aromatic N) is 3. The van der Waals surface area contributed by atoms with Crippen LogP contribution in [-0.2, 0) is 19.1 Å². The van der Waals surface area contributed by atoms with Gasteiger partial charge in [-0.1, -0.05) is 26.0 Å². The molecule has 0 saturated heterocycles. The van der Waals surface area contributed by atoms with Crippen LogP contribution in [0.5, 0.6) is 11.5 Å². The predicted molar refractivity (Wildman–Crippen MR) is 196 cm³/mol. The maximum absolute atomic E-state index is 14.1. The minimum atomic E-state index is -1.16. The topological polar surface area (TPSA) is 120 Å². The van der Waals surface area contributed by atoms with E-state index < -0.39 is 29.4 Å². The van der Waals surface area contributed by atoms with E-state index in [1.807, 2.05) is 31.2 Å². The van der Waals surface area contributed by atoms with Crippen LogP contribution in [-0.4, -0.2) is 71.6 Å². The van der Waals surface area contributed by atoms with E-state index in [4.69, 9.17) is 24.2 Å². The molecule has 0 unspecified atom stereocenters. The molecule has 2 aliphatic rings. The number of allylic oxidation sites excluding steroid dienone is 1. The molecule has 2 saturated carbocycles. The molecule has 1 aromatic carbocycles. The maximum Gasteiger partial charge on any atom is 0.332 e. The van der Waals surface area contributed by atoms with Gasteiger partial charge in [0.15, 0.2) is 0 Å². The molecule has 0 bridgehead atoms. The summed E-state index contributed by atoms with van der Waals surface area (Å²) in [5.74, 6) is -0.923. The van der Waals surface area contributed by atoms with Gasteiger partial charge in [0.1, 0.15) is 33.8 Å². The number of methoxy groups -OCH3 is 1. The zero-order valence-corrected chi connectivity index (χ0v) is 30.9. The van der Waals surface area contributed by atoms with Crippen LogP contribution in [0.25, 0.3) is 21.6 Å². The van der Waals surface area contributed by atoms with E-state index in [-0.39, 0.29) is 30.3 Å². The number of carbonyl (C=O) groups is 3. The molecule has 2 heterocycles. The number of carbonyl (C=O) groups excluding carboxylic acids is 3. The fourth-order valence-corrected chi connectivity index (χ4v) is 7.85. The standard InChI is InChI=1S/C39H50N4O6S/c1-9-12-13-14-17-43(7)37(45)29-19-26(18-28(29)35(44)42-39(21-25(39)10-2)38(46)48-11-3)49-33-20-30(36-41-31(22-50-36)23(4)5)40-34-24(6)32(47-8)16-15-27(33)34/h9-10,15-16,20,22-23,25-26,28-29H,1-2,11-14,17-19,21H2,3-8H3,(H,42,44)/t25-,26-,28-,29-,39-/m1/s1. The molecule has 2 amide bonds. The van der Waals surface area contributed by atoms with Gasteiger partial charge in [-0.25, -0.2) is 14.8 Å². The number of benzene rings is 1. The van der Waals surface area contributed by atoms with Crippen LogP contribution in [0.3, 0.4) is 0 Å². The smallest absolute Gasteiger partial charge is 0.332 e. The number of hydrogen-bond donors (Lipinski definition) is 1. The molecule has 10 nitrogen and oxygen atoms in total. The lowest BCUT2D eigenvalue weighted by Gasteiger charge is -2.26. The number of amides is 2. The summed E-state index contributed by atoms with van der Waals surface area (Å²) in [5, 5.41) is 6.63. The summed E-state index contributed by atoms with van der Waals surface area (Å²) in [5.41, 5.74) is 2.12. The highest BCUT2D eigenvalue weighted by molar-refractivity contribution is 7.13. The van der Waals surface area contributed by atoms with Gasteiger partial charge < -0.3 is 24.4 Å². The molecule has 268 valence electrons. The first-order valence-corrected chi connectivity index (χ1v) is 18.4. The lowest BCUT2D eigenvalue weighted by Crippen LogP contribution is -2.50. The summed E-state index contributed by atoms with van der Waals surface area (Å²) in [6.07, 6.45) is 6.78. The van der Waals surface area contributed by atoms with E-state index in [0.717, 1.165) is 46.4 Å². The average molecular weight is 703 g/mol. The molecule has 5 atom stereocenters. The van der Waals surface area contributed by atoms with Crippen LogP contribution in [0.1, 0.15) is 76.5 Å². The molecule has 0 spiro atoms. The molecule has 50 heavy (non-hydrogen) atoms. The average Bonchev–Trinajstić information content (AvgIpc) is 3.39. The van der Waals surface area contributed by atoms with Crippen LogP contribution in [0.4, 0.5) is 0 Å². The number of thiazole rings is 1. The highest BCUT2D eigenvalue weighted by Gasteiger charge is 2.62. The zero-order chi connectivity index (χ0) is 36.2. The van der Waals surface area contributed by atoms with Gasteiger partial charge in [-0.3, -0.25) is 9.59 Å². The molecule has 1 N–H and O–H groups in total. The highest BCUT2D eigenvalue weighted by atomic mass is 32.1. The fourth-order valence-electron chi connectivity index (χ4n) is 6.91. The first-order chi connectivity index (χ1) is 24.0. The number of aromatic nitrogens is 2. The SMILES string of the molecule is C=CCCCCN(C)C(=O)[C@@H]1C[C@H](Oc2cc(-c3nc(C(C)C)cs3)nc3c(C)c(OC)ccc23)C[C@H]1C(=O)N[C@]1(C(=O)OCC)C[C@H]1C=C. The Balaban J connectivity index is 1.47. The summed E-state index contributed by atoms with van der Waals surface area (Å²) < 4.78 is 17.8. The Kier molecular flexibility index (Phi) is 11.7. The van der Waals surface area contributed by atoms with Crippen molar-refractivity contribution in [2.75, 3.05) is 27.3 Å². The van der Waals surface area contributed by atoms with Gasteiger partial charge in [0.05, 0.1) is 36.8 Å². The first-order valence-electron chi connectivity index (χ1n) is 17.6. The summed E-state index contributed by atoms with van der Waals surface area (Å²) in [6, 6.07) is 5.73. The van der Waals surface area contributed by atoms with Gasteiger partial charge in [0.2, 0.25) is 11.8 Å². The first kappa shape index (κ1) is 37.0. The van der Waals surface area contributed by atoms with E-state index in [1.165, 1.54) is 11.3 Å². The van der Waals surface area contributed by atoms with Gasteiger partial charge in [0.25, 0.3) is 0 Å². The largest absolute Gasteiger partial charge is 0.496 e. The molecule has 2 fully saturated rings. The molecule has 0 radical (unpaired) electrons. The summed E-state index contributed by atoms with van der Waals surface area (Å²) in [7, 11) is 3.42. The van der Waals surface area contributed by atoms with Crippen molar-refractivity contribution in [2.24, 2.45) is 17.8 Å². The van der Waals surface area contributed by atoms with Crippen molar-refractivity contribution in [3.8, 4) is 22.2 Å². The van der Waals surface area contributed by atoms with Crippen LogP contribution in [0.15, 0.2) is 48.9 Å². The van der Waals surface area contributed by atoms with Crippen molar-refractivity contribution in [3.05, 3.63) is 60.1 Å². The van der Waals surface area contributed by atoms with E-state index in [9.17, 15) is 14.4 Å². The summed E-state index contributed by atoms with van der Waals surface area (Å²) >= 11 is 1.53. The third-order valence-electron chi connectivity index (χ3n) is 9.98.